The number of halogens is 1. The summed E-state index contributed by atoms with van der Waals surface area (Å²) >= 11 is 0. The highest BCUT2D eigenvalue weighted by molar-refractivity contribution is 14.0. The van der Waals surface area contributed by atoms with Crippen molar-refractivity contribution in [2.75, 3.05) is 34.3 Å². The first-order valence-corrected chi connectivity index (χ1v) is 4.90. The van der Waals surface area contributed by atoms with Gasteiger partial charge in [0.2, 0.25) is 0 Å². The number of carbonyl (C=O) groups is 1. The lowest BCUT2D eigenvalue weighted by atomic mass is 10.4. The molecular weight excluding hydrogens is 335 g/mol. The van der Waals surface area contributed by atoms with Gasteiger partial charge in [-0.25, -0.2) is 0 Å². The summed E-state index contributed by atoms with van der Waals surface area (Å²) in [7, 11) is 6.16. The fraction of sp³-hybridized carbons (Fsp3) is 0.455. The number of likely N-dealkylation sites (N-methyl/N-ethyl adjacent to an activating group) is 1. The van der Waals surface area contributed by atoms with Crippen LogP contribution in [0.3, 0.4) is 0 Å². The van der Waals surface area contributed by atoms with Crippen molar-refractivity contribution >= 4 is 29.9 Å². The Morgan fingerprint density at radius 3 is 2.18 bits per heavy atom. The molecule has 98 valence electrons. The molecule has 1 heterocycles. The van der Waals surface area contributed by atoms with Gasteiger partial charge in [-0.2, -0.15) is 0 Å². The van der Waals surface area contributed by atoms with E-state index in [1.807, 2.05) is 0 Å². The van der Waals surface area contributed by atoms with Crippen molar-refractivity contribution in [2.24, 2.45) is 0 Å². The van der Waals surface area contributed by atoms with Gasteiger partial charge in [-0.3, -0.25) is 4.98 Å². The lowest BCUT2D eigenvalue weighted by molar-refractivity contribution is -0.870. The SMILES string of the molecule is C[N+](C)(C)CCO.I.O=C([O-])c1ccccn1. The van der Waals surface area contributed by atoms with Crippen LogP contribution in [-0.2, 0) is 0 Å². The second kappa shape index (κ2) is 9.32. The van der Waals surface area contributed by atoms with Gasteiger partial charge in [0.05, 0.1) is 39.4 Å². The lowest BCUT2D eigenvalue weighted by Gasteiger charge is -2.21. The van der Waals surface area contributed by atoms with Crippen molar-refractivity contribution < 1.29 is 19.5 Å². The second-order valence-electron chi connectivity index (χ2n) is 4.24. The number of aromatic nitrogens is 1. The maximum atomic E-state index is 10.0. The van der Waals surface area contributed by atoms with Crippen LogP contribution in [0.1, 0.15) is 10.5 Å². The molecule has 5 nitrogen and oxygen atoms in total. The van der Waals surface area contributed by atoms with Gasteiger partial charge in [-0.05, 0) is 12.1 Å². The van der Waals surface area contributed by atoms with Crippen LogP contribution in [0, 0.1) is 0 Å². The number of pyridine rings is 1. The Morgan fingerprint density at radius 1 is 1.41 bits per heavy atom. The van der Waals surface area contributed by atoms with Crippen LogP contribution in [0.25, 0.3) is 0 Å². The van der Waals surface area contributed by atoms with Crippen LogP contribution < -0.4 is 5.11 Å². The quantitative estimate of drug-likeness (QED) is 0.600. The molecule has 1 N–H and O–H groups in total. The predicted octanol–water partition coefficient (Wildman–Crippen LogP) is -0.252. The maximum Gasteiger partial charge on any atom is 0.101 e. The van der Waals surface area contributed by atoms with Gasteiger partial charge in [-0.15, -0.1) is 24.0 Å². The number of aliphatic hydroxyl groups is 1. The minimum Gasteiger partial charge on any atom is -0.543 e. The highest BCUT2D eigenvalue weighted by Crippen LogP contribution is 1.88. The van der Waals surface area contributed by atoms with E-state index in [4.69, 9.17) is 5.11 Å². The van der Waals surface area contributed by atoms with Crippen LogP contribution in [0.2, 0.25) is 0 Å². The topological polar surface area (TPSA) is 73.2 Å². The third kappa shape index (κ3) is 11.5. The fourth-order valence-corrected chi connectivity index (χ4v) is 0.784. The van der Waals surface area contributed by atoms with Crippen molar-refractivity contribution in [3.8, 4) is 0 Å². The number of carbonyl (C=O) groups excluding carboxylic acids is 1. The number of hydrogen-bond donors (Lipinski definition) is 1. The summed E-state index contributed by atoms with van der Waals surface area (Å²) in [6.45, 7) is 1.11. The average molecular weight is 354 g/mol. The average Bonchev–Trinajstić information content (AvgIpc) is 2.18. The summed E-state index contributed by atoms with van der Waals surface area (Å²) in [4.78, 5) is 13.5. The van der Waals surface area contributed by atoms with Gasteiger partial charge >= 0.3 is 0 Å². The van der Waals surface area contributed by atoms with E-state index in [1.165, 1.54) is 12.3 Å². The smallest absolute Gasteiger partial charge is 0.101 e. The van der Waals surface area contributed by atoms with Gasteiger partial charge in [0.1, 0.15) is 6.54 Å². The molecular formula is C11H19IN2O3. The Morgan fingerprint density at radius 2 is 2.00 bits per heavy atom. The molecule has 1 aromatic heterocycles. The molecule has 0 saturated heterocycles. The second-order valence-corrected chi connectivity index (χ2v) is 4.24. The molecule has 0 bridgehead atoms. The molecule has 0 unspecified atom stereocenters. The summed E-state index contributed by atoms with van der Waals surface area (Å²) in [5.41, 5.74) is -0.0301. The molecule has 0 atom stereocenters. The predicted molar refractivity (Wildman–Crippen MR) is 74.0 cm³/mol. The number of hydrogen-bond acceptors (Lipinski definition) is 4. The van der Waals surface area contributed by atoms with Crippen molar-refractivity contribution in [1.82, 2.24) is 4.98 Å². The molecule has 0 radical (unpaired) electrons. The van der Waals surface area contributed by atoms with E-state index in [-0.39, 0.29) is 36.3 Å². The third-order valence-corrected chi connectivity index (χ3v) is 1.64. The summed E-state index contributed by atoms with van der Waals surface area (Å²) in [6.07, 6.45) is 1.41. The molecule has 6 heteroatoms. The number of rotatable bonds is 3. The molecule has 1 aromatic rings. The van der Waals surface area contributed by atoms with E-state index in [9.17, 15) is 9.90 Å². The van der Waals surface area contributed by atoms with Crippen molar-refractivity contribution in [3.05, 3.63) is 30.1 Å². The molecule has 0 fully saturated rings. The Balaban J connectivity index is 0. The lowest BCUT2D eigenvalue weighted by Crippen LogP contribution is -2.36. The number of aliphatic hydroxyl groups excluding tert-OH is 1. The molecule has 0 aliphatic rings. The molecule has 0 aliphatic carbocycles. The van der Waals surface area contributed by atoms with Crippen LogP contribution in [-0.4, -0.2) is 54.8 Å². The van der Waals surface area contributed by atoms with E-state index in [2.05, 4.69) is 26.1 Å². The van der Waals surface area contributed by atoms with Gasteiger partial charge < -0.3 is 19.5 Å². The van der Waals surface area contributed by atoms with Gasteiger partial charge in [0.25, 0.3) is 0 Å². The van der Waals surface area contributed by atoms with Crippen molar-refractivity contribution in [3.63, 3.8) is 0 Å². The maximum absolute atomic E-state index is 10.0. The zero-order chi connectivity index (χ0) is 12.6. The zero-order valence-corrected chi connectivity index (χ0v) is 12.6. The normalized spacial score (nSPS) is 9.65. The number of carboxylic acid groups (broad SMARTS) is 1. The van der Waals surface area contributed by atoms with Gasteiger partial charge in [-0.1, -0.05) is 6.07 Å². The van der Waals surface area contributed by atoms with E-state index in [1.54, 1.807) is 12.1 Å². The Kier molecular flexibility index (Phi) is 10.2. The van der Waals surface area contributed by atoms with Crippen molar-refractivity contribution in [1.29, 1.82) is 0 Å². The molecule has 0 spiro atoms. The monoisotopic (exact) mass is 354 g/mol. The van der Waals surface area contributed by atoms with Crippen LogP contribution in [0.5, 0.6) is 0 Å². The summed E-state index contributed by atoms with van der Waals surface area (Å²) in [6, 6.07) is 4.62. The molecule has 17 heavy (non-hydrogen) atoms. The minimum absolute atomic E-state index is 0. The number of nitrogens with zero attached hydrogens (tertiary/aromatic N) is 2. The first-order valence-electron chi connectivity index (χ1n) is 4.90. The first kappa shape index (κ1) is 18.6. The van der Waals surface area contributed by atoms with Crippen LogP contribution in [0.15, 0.2) is 24.4 Å². The van der Waals surface area contributed by atoms with Gasteiger partial charge in [0.15, 0.2) is 0 Å². The summed E-state index contributed by atoms with van der Waals surface area (Å²) < 4.78 is 0.844. The number of aromatic carboxylic acids is 1. The summed E-state index contributed by atoms with van der Waals surface area (Å²) in [5.74, 6) is -1.24. The molecule has 0 aromatic carbocycles. The van der Waals surface area contributed by atoms with E-state index in [0.717, 1.165) is 11.0 Å². The van der Waals surface area contributed by atoms with E-state index >= 15 is 0 Å². The Labute approximate surface area is 119 Å². The largest absolute Gasteiger partial charge is 0.543 e. The molecule has 1 rings (SSSR count). The highest BCUT2D eigenvalue weighted by atomic mass is 127. The van der Waals surface area contributed by atoms with E-state index < -0.39 is 5.97 Å². The fourth-order valence-electron chi connectivity index (χ4n) is 0.784. The van der Waals surface area contributed by atoms with E-state index in [0.29, 0.717) is 0 Å². The van der Waals surface area contributed by atoms with Crippen LogP contribution >= 0.6 is 24.0 Å². The minimum atomic E-state index is -1.24. The van der Waals surface area contributed by atoms with Crippen LogP contribution in [0.4, 0.5) is 0 Å². The third-order valence-electron chi connectivity index (χ3n) is 1.64. The zero-order valence-electron chi connectivity index (χ0n) is 10.3. The summed E-state index contributed by atoms with van der Waals surface area (Å²) in [5, 5.41) is 18.4. The molecule has 0 saturated carbocycles. The number of quaternary nitrogens is 1. The standard InChI is InChI=1S/C6H5NO2.C5H14NO.HI/c8-6(9)5-3-1-2-4-7-5;1-6(2,3)4-5-7;/h1-4H,(H,8,9);7H,4-5H2,1-3H3;1H/q;+1;/p-1. The van der Waals surface area contributed by atoms with Gasteiger partial charge in [0, 0.05) is 6.20 Å². The number of carboxylic acids is 1. The first-order chi connectivity index (χ1) is 7.37. The highest BCUT2D eigenvalue weighted by Gasteiger charge is 2.02. The Hall–Kier alpha value is -0.730. The van der Waals surface area contributed by atoms with Crippen molar-refractivity contribution in [2.45, 2.75) is 0 Å². The molecule has 0 aliphatic heterocycles. The molecule has 0 amide bonds. The Bertz CT molecular complexity index is 312.